The maximum Gasteiger partial charge on any atom is 0.328 e. The minimum Gasteiger partial charge on any atom is -0.467 e. The summed E-state index contributed by atoms with van der Waals surface area (Å²) >= 11 is 0. The number of esters is 1. The van der Waals surface area contributed by atoms with E-state index < -0.39 is 30.1 Å². The number of hydrogen-bond donors (Lipinski definition) is 2. The summed E-state index contributed by atoms with van der Waals surface area (Å²) in [6.45, 7) is 6.91. The molecule has 0 aromatic rings. The number of β-amino-alcohol motifs (C(OH)–C–C–N with tert-alkyl or cyclic N) is 1. The highest BCUT2D eigenvalue weighted by Gasteiger charge is 2.38. The Morgan fingerprint density at radius 1 is 1.43 bits per heavy atom. The fraction of sp³-hybridized carbons (Fsp3) is 0.643. The van der Waals surface area contributed by atoms with Gasteiger partial charge in [0, 0.05) is 19.9 Å². The number of likely N-dealkylation sites (tertiary alicyclic amines) is 1. The monoisotopic (exact) mass is 298 g/mol. The smallest absolute Gasteiger partial charge is 0.328 e. The first-order valence-corrected chi connectivity index (χ1v) is 6.74. The first kappa shape index (κ1) is 17.2. The lowest BCUT2D eigenvalue weighted by Crippen LogP contribution is -2.50. The van der Waals surface area contributed by atoms with Crippen molar-refractivity contribution in [3.63, 3.8) is 0 Å². The average molecular weight is 298 g/mol. The minimum absolute atomic E-state index is 0.122. The van der Waals surface area contributed by atoms with Gasteiger partial charge in [-0.15, -0.1) is 6.58 Å². The molecule has 1 rings (SSSR count). The molecular formula is C14H22N2O5. The van der Waals surface area contributed by atoms with Crippen LogP contribution < -0.4 is 5.32 Å². The topological polar surface area (TPSA) is 95.9 Å². The van der Waals surface area contributed by atoms with E-state index in [-0.39, 0.29) is 25.3 Å². The molecule has 7 nitrogen and oxygen atoms in total. The van der Waals surface area contributed by atoms with Gasteiger partial charge in [0.1, 0.15) is 12.1 Å². The minimum atomic E-state index is -0.841. The molecule has 0 aromatic heterocycles. The number of aliphatic hydroxyl groups excluding tert-OH is 1. The van der Waals surface area contributed by atoms with Crippen LogP contribution >= 0.6 is 0 Å². The maximum atomic E-state index is 12.3. The summed E-state index contributed by atoms with van der Waals surface area (Å²) in [4.78, 5) is 36.7. The summed E-state index contributed by atoms with van der Waals surface area (Å²) in [7, 11) is 1.24. The van der Waals surface area contributed by atoms with E-state index in [0.29, 0.717) is 0 Å². The van der Waals surface area contributed by atoms with E-state index in [1.807, 2.05) is 0 Å². The molecule has 1 aliphatic heterocycles. The molecule has 1 fully saturated rings. The summed E-state index contributed by atoms with van der Waals surface area (Å²) in [5.74, 6) is -1.33. The van der Waals surface area contributed by atoms with Gasteiger partial charge in [-0.2, -0.15) is 0 Å². The van der Waals surface area contributed by atoms with Gasteiger partial charge in [-0.1, -0.05) is 5.57 Å². The Morgan fingerprint density at radius 2 is 2.05 bits per heavy atom. The van der Waals surface area contributed by atoms with Gasteiger partial charge in [0.2, 0.25) is 11.8 Å². The van der Waals surface area contributed by atoms with Crippen molar-refractivity contribution in [2.24, 2.45) is 0 Å². The van der Waals surface area contributed by atoms with Gasteiger partial charge in [0.05, 0.1) is 13.2 Å². The van der Waals surface area contributed by atoms with Crippen LogP contribution in [0.15, 0.2) is 12.2 Å². The predicted molar refractivity (Wildman–Crippen MR) is 75.2 cm³/mol. The van der Waals surface area contributed by atoms with Crippen LogP contribution in [-0.2, 0) is 19.1 Å². The normalized spacial score (nSPS) is 22.6. The van der Waals surface area contributed by atoms with Crippen LogP contribution in [0.25, 0.3) is 0 Å². The number of methoxy groups -OCH3 is 1. The van der Waals surface area contributed by atoms with Crippen molar-refractivity contribution in [1.82, 2.24) is 10.2 Å². The van der Waals surface area contributed by atoms with Crippen molar-refractivity contribution in [1.29, 1.82) is 0 Å². The van der Waals surface area contributed by atoms with Crippen LogP contribution in [0.1, 0.15) is 26.7 Å². The van der Waals surface area contributed by atoms with E-state index in [0.717, 1.165) is 5.57 Å². The molecule has 0 aromatic carbocycles. The van der Waals surface area contributed by atoms with Crippen LogP contribution in [-0.4, -0.2) is 59.6 Å². The van der Waals surface area contributed by atoms with E-state index in [9.17, 15) is 19.5 Å². The quantitative estimate of drug-likeness (QED) is 0.531. The molecule has 0 radical (unpaired) electrons. The van der Waals surface area contributed by atoms with Crippen molar-refractivity contribution in [3.05, 3.63) is 12.2 Å². The van der Waals surface area contributed by atoms with E-state index in [1.54, 1.807) is 6.92 Å². The summed E-state index contributed by atoms with van der Waals surface area (Å²) in [5, 5.41) is 12.2. The molecule has 118 valence electrons. The summed E-state index contributed by atoms with van der Waals surface area (Å²) in [5.41, 5.74) is 0.723. The molecule has 21 heavy (non-hydrogen) atoms. The van der Waals surface area contributed by atoms with Crippen LogP contribution in [0.4, 0.5) is 0 Å². The Morgan fingerprint density at radius 3 is 2.52 bits per heavy atom. The predicted octanol–water partition coefficient (Wildman–Crippen LogP) is -0.408. The van der Waals surface area contributed by atoms with E-state index >= 15 is 0 Å². The number of nitrogens with one attached hydrogen (secondary N) is 1. The molecule has 0 unspecified atom stereocenters. The Bertz CT molecular complexity index is 449. The van der Waals surface area contributed by atoms with Crippen molar-refractivity contribution in [2.75, 3.05) is 13.7 Å². The first-order chi connectivity index (χ1) is 9.76. The number of nitrogens with zero attached hydrogens (tertiary/aromatic N) is 1. The van der Waals surface area contributed by atoms with E-state index in [2.05, 4.69) is 16.6 Å². The largest absolute Gasteiger partial charge is 0.467 e. The molecular weight excluding hydrogens is 276 g/mol. The van der Waals surface area contributed by atoms with Crippen molar-refractivity contribution >= 4 is 17.8 Å². The van der Waals surface area contributed by atoms with Crippen molar-refractivity contribution in [2.45, 2.75) is 44.9 Å². The summed E-state index contributed by atoms with van der Waals surface area (Å²) in [6, 6.07) is -1.61. The molecule has 2 N–H and O–H groups in total. The maximum absolute atomic E-state index is 12.3. The number of rotatable bonds is 5. The number of carbonyl (C=O) groups is 3. The van der Waals surface area contributed by atoms with Crippen molar-refractivity contribution in [3.8, 4) is 0 Å². The third-order valence-corrected chi connectivity index (χ3v) is 3.34. The molecule has 1 heterocycles. The lowest BCUT2D eigenvalue weighted by molar-refractivity contribution is -0.146. The highest BCUT2D eigenvalue weighted by Crippen LogP contribution is 2.18. The van der Waals surface area contributed by atoms with Gasteiger partial charge in [0.15, 0.2) is 0 Å². The highest BCUT2D eigenvalue weighted by atomic mass is 16.5. The second-order valence-corrected chi connectivity index (χ2v) is 5.32. The molecule has 0 spiro atoms. The Balaban J connectivity index is 2.78. The number of amides is 2. The zero-order valence-corrected chi connectivity index (χ0v) is 12.6. The van der Waals surface area contributed by atoms with E-state index in [4.69, 9.17) is 0 Å². The number of carbonyl (C=O) groups excluding carboxylic acids is 3. The van der Waals surface area contributed by atoms with Crippen LogP contribution in [0.5, 0.6) is 0 Å². The Kier molecular flexibility index (Phi) is 5.90. The Labute approximate surface area is 123 Å². The molecule has 3 atom stereocenters. The number of ether oxygens (including phenoxy) is 1. The third-order valence-electron chi connectivity index (χ3n) is 3.34. The molecule has 0 bridgehead atoms. The fourth-order valence-electron chi connectivity index (χ4n) is 2.36. The van der Waals surface area contributed by atoms with Gasteiger partial charge in [-0.25, -0.2) is 4.79 Å². The lowest BCUT2D eigenvalue weighted by Gasteiger charge is -2.24. The molecule has 0 saturated carbocycles. The first-order valence-electron chi connectivity index (χ1n) is 6.74. The highest BCUT2D eigenvalue weighted by molar-refractivity contribution is 5.90. The number of hydrogen-bond acceptors (Lipinski definition) is 5. The van der Waals surface area contributed by atoms with Gasteiger partial charge >= 0.3 is 5.97 Å². The fourth-order valence-corrected chi connectivity index (χ4v) is 2.36. The van der Waals surface area contributed by atoms with Gasteiger partial charge in [-0.3, -0.25) is 9.59 Å². The van der Waals surface area contributed by atoms with Crippen LogP contribution in [0.3, 0.4) is 0 Å². The second-order valence-electron chi connectivity index (χ2n) is 5.32. The molecule has 0 aliphatic carbocycles. The van der Waals surface area contributed by atoms with Gasteiger partial charge in [-0.05, 0) is 13.3 Å². The molecule has 2 amide bonds. The standard InChI is InChI=1S/C14H22N2O5/c1-8(2)5-11(14(20)21-4)15-13(19)12-6-10(18)7-16(12)9(3)17/h10-12,18H,1,5-7H2,2-4H3,(H,15,19)/t10-,11-,12+/m1/s1. The van der Waals surface area contributed by atoms with Gasteiger partial charge < -0.3 is 20.1 Å². The van der Waals surface area contributed by atoms with E-state index in [1.165, 1.54) is 18.9 Å². The van der Waals surface area contributed by atoms with Crippen LogP contribution in [0.2, 0.25) is 0 Å². The average Bonchev–Trinajstić information content (AvgIpc) is 2.78. The third kappa shape index (κ3) is 4.56. The molecule has 7 heteroatoms. The summed E-state index contributed by atoms with van der Waals surface area (Å²) in [6.07, 6.45) is -0.317. The van der Waals surface area contributed by atoms with Crippen molar-refractivity contribution < 1.29 is 24.2 Å². The zero-order valence-electron chi connectivity index (χ0n) is 12.6. The lowest BCUT2D eigenvalue weighted by atomic mass is 10.1. The zero-order chi connectivity index (χ0) is 16.2. The SMILES string of the molecule is C=C(C)C[C@@H](NC(=O)[C@@H]1C[C@@H](O)CN1C(C)=O)C(=O)OC. The van der Waals surface area contributed by atoms with Crippen LogP contribution in [0, 0.1) is 0 Å². The van der Waals surface area contributed by atoms with Gasteiger partial charge in [0.25, 0.3) is 0 Å². The molecule has 1 aliphatic rings. The molecule has 1 saturated heterocycles. The second kappa shape index (κ2) is 7.21. The number of aliphatic hydroxyl groups is 1. The Hall–Kier alpha value is -1.89. The summed E-state index contributed by atoms with van der Waals surface area (Å²) < 4.78 is 4.65.